The predicted molar refractivity (Wildman–Crippen MR) is 84.2 cm³/mol. The monoisotopic (exact) mass is 336 g/mol. The fourth-order valence-corrected chi connectivity index (χ4v) is 3.55. The van der Waals surface area contributed by atoms with E-state index in [0.717, 1.165) is 16.8 Å². The number of carbonyl (C=O) groups is 1. The topological polar surface area (TPSA) is 52.1 Å². The Morgan fingerprint density at radius 2 is 1.95 bits per heavy atom. The molecule has 1 atom stereocenters. The van der Waals surface area contributed by atoms with Gasteiger partial charge in [0.2, 0.25) is 5.28 Å². The van der Waals surface area contributed by atoms with E-state index in [0.29, 0.717) is 24.4 Å². The highest BCUT2D eigenvalue weighted by atomic mass is 35.5. The molecule has 6 heteroatoms. The number of ether oxygens (including phenoxy) is 1. The van der Waals surface area contributed by atoms with Gasteiger partial charge in [0.25, 0.3) is 0 Å². The van der Waals surface area contributed by atoms with Gasteiger partial charge in [-0.05, 0) is 36.4 Å². The summed E-state index contributed by atoms with van der Waals surface area (Å²) in [5.74, 6) is -0.268. The number of fused-ring (bicyclic) bond motifs is 1. The summed E-state index contributed by atoms with van der Waals surface area (Å²) >= 11 is 12.1. The highest BCUT2D eigenvalue weighted by Crippen LogP contribution is 2.41. The largest absolute Gasteiger partial charge is 0.468 e. The number of aryl methyl sites for hydroxylation is 1. The minimum atomic E-state index is -0.760. The zero-order valence-electron chi connectivity index (χ0n) is 12.0. The molecule has 0 spiro atoms. The summed E-state index contributed by atoms with van der Waals surface area (Å²) in [7, 11) is 1.41. The van der Waals surface area contributed by atoms with E-state index in [-0.39, 0.29) is 11.3 Å². The van der Waals surface area contributed by atoms with Crippen molar-refractivity contribution in [2.24, 2.45) is 0 Å². The van der Waals surface area contributed by atoms with Crippen LogP contribution in [-0.4, -0.2) is 23.0 Å². The number of aromatic nitrogens is 2. The van der Waals surface area contributed by atoms with E-state index in [2.05, 4.69) is 9.97 Å². The molecule has 2 aromatic rings. The van der Waals surface area contributed by atoms with Gasteiger partial charge in [0, 0.05) is 5.56 Å². The maximum absolute atomic E-state index is 12.5. The minimum Gasteiger partial charge on any atom is -0.468 e. The van der Waals surface area contributed by atoms with Gasteiger partial charge in [-0.3, -0.25) is 4.79 Å². The lowest BCUT2D eigenvalue weighted by Crippen LogP contribution is -2.42. The standard InChI is InChI=1S/C16H14Cl2N2O2/c1-22-14(21)16(10-5-3-2-4-6-10)8-7-12-11(9-16)13(17)20-15(18)19-12/h2-6H,7-9H2,1H3. The molecule has 0 bridgehead atoms. The molecule has 1 aromatic carbocycles. The van der Waals surface area contributed by atoms with Gasteiger partial charge in [-0.1, -0.05) is 41.9 Å². The molecule has 1 unspecified atom stereocenters. The molecule has 0 N–H and O–H groups in total. The Kier molecular flexibility index (Phi) is 4.06. The lowest BCUT2D eigenvalue weighted by molar-refractivity contribution is -0.148. The molecule has 4 nitrogen and oxygen atoms in total. The number of halogens is 2. The quantitative estimate of drug-likeness (QED) is 0.479. The number of rotatable bonds is 2. The Bertz CT molecular complexity index is 722. The SMILES string of the molecule is COC(=O)C1(c2ccccc2)CCc2nc(Cl)nc(Cl)c2C1. The molecule has 114 valence electrons. The molecule has 1 aromatic heterocycles. The zero-order chi connectivity index (χ0) is 15.7. The summed E-state index contributed by atoms with van der Waals surface area (Å²) in [6.07, 6.45) is 1.61. The maximum Gasteiger partial charge on any atom is 0.316 e. The van der Waals surface area contributed by atoms with E-state index in [1.807, 2.05) is 30.3 Å². The average molecular weight is 337 g/mol. The lowest BCUT2D eigenvalue weighted by Gasteiger charge is -2.35. The molecule has 1 aliphatic carbocycles. The fraction of sp³-hybridized carbons (Fsp3) is 0.312. The van der Waals surface area contributed by atoms with Crippen molar-refractivity contribution < 1.29 is 9.53 Å². The van der Waals surface area contributed by atoms with E-state index in [4.69, 9.17) is 27.9 Å². The summed E-state index contributed by atoms with van der Waals surface area (Å²) < 4.78 is 5.08. The van der Waals surface area contributed by atoms with Crippen molar-refractivity contribution in [3.63, 3.8) is 0 Å². The van der Waals surface area contributed by atoms with Crippen LogP contribution in [0.4, 0.5) is 0 Å². The number of methoxy groups -OCH3 is 1. The first-order chi connectivity index (χ1) is 10.6. The van der Waals surface area contributed by atoms with E-state index in [9.17, 15) is 4.79 Å². The fourth-order valence-electron chi connectivity index (χ4n) is 3.07. The van der Waals surface area contributed by atoms with Crippen LogP contribution in [0.2, 0.25) is 10.4 Å². The first kappa shape index (κ1) is 15.3. The first-order valence-electron chi connectivity index (χ1n) is 6.91. The van der Waals surface area contributed by atoms with Crippen LogP contribution in [-0.2, 0) is 27.8 Å². The third kappa shape index (κ3) is 2.46. The van der Waals surface area contributed by atoms with Crippen LogP contribution < -0.4 is 0 Å². The molecule has 3 rings (SSSR count). The molecule has 1 heterocycles. The number of carbonyl (C=O) groups excluding carboxylic acids is 1. The third-order valence-corrected chi connectivity index (χ3v) is 4.67. The molecule has 0 aliphatic heterocycles. The molecule has 0 amide bonds. The summed E-state index contributed by atoms with van der Waals surface area (Å²) in [6.45, 7) is 0. The van der Waals surface area contributed by atoms with Gasteiger partial charge < -0.3 is 4.74 Å². The summed E-state index contributed by atoms with van der Waals surface area (Å²) in [4.78, 5) is 20.8. The maximum atomic E-state index is 12.5. The van der Waals surface area contributed by atoms with Crippen LogP contribution in [0.3, 0.4) is 0 Å². The molecule has 0 radical (unpaired) electrons. The number of benzene rings is 1. The molecule has 1 aliphatic rings. The van der Waals surface area contributed by atoms with Crippen LogP contribution in [0.25, 0.3) is 0 Å². The van der Waals surface area contributed by atoms with Gasteiger partial charge >= 0.3 is 5.97 Å². The zero-order valence-corrected chi connectivity index (χ0v) is 13.5. The molecular formula is C16H14Cl2N2O2. The second-order valence-electron chi connectivity index (χ2n) is 5.33. The van der Waals surface area contributed by atoms with Gasteiger partial charge in [-0.2, -0.15) is 0 Å². The van der Waals surface area contributed by atoms with Gasteiger partial charge in [0.15, 0.2) is 0 Å². The van der Waals surface area contributed by atoms with E-state index < -0.39 is 5.41 Å². The van der Waals surface area contributed by atoms with Crippen LogP contribution in [0, 0.1) is 0 Å². The van der Waals surface area contributed by atoms with Crippen molar-refractivity contribution in [3.05, 3.63) is 57.6 Å². The van der Waals surface area contributed by atoms with Gasteiger partial charge in [0.05, 0.1) is 18.2 Å². The third-order valence-electron chi connectivity index (χ3n) is 4.18. The van der Waals surface area contributed by atoms with Gasteiger partial charge in [0.1, 0.15) is 5.15 Å². The first-order valence-corrected chi connectivity index (χ1v) is 7.67. The summed E-state index contributed by atoms with van der Waals surface area (Å²) in [6, 6.07) is 9.62. The Morgan fingerprint density at radius 1 is 1.23 bits per heavy atom. The van der Waals surface area contributed by atoms with Gasteiger partial charge in [-0.25, -0.2) is 9.97 Å². The second-order valence-corrected chi connectivity index (χ2v) is 6.02. The Labute approximate surface area is 138 Å². The second kappa shape index (κ2) is 5.86. The highest BCUT2D eigenvalue weighted by Gasteiger charge is 2.45. The van der Waals surface area contributed by atoms with Crippen LogP contribution in [0.5, 0.6) is 0 Å². The van der Waals surface area contributed by atoms with Crippen molar-refractivity contribution in [1.29, 1.82) is 0 Å². The van der Waals surface area contributed by atoms with Crippen LogP contribution in [0.1, 0.15) is 23.2 Å². The van der Waals surface area contributed by atoms with Crippen molar-refractivity contribution >= 4 is 29.2 Å². The highest BCUT2D eigenvalue weighted by molar-refractivity contribution is 6.32. The lowest BCUT2D eigenvalue weighted by atomic mass is 9.68. The molecule has 0 saturated carbocycles. The van der Waals surface area contributed by atoms with E-state index in [1.165, 1.54) is 7.11 Å². The molecule has 0 saturated heterocycles. The average Bonchev–Trinajstić information content (AvgIpc) is 2.54. The number of hydrogen-bond acceptors (Lipinski definition) is 4. The van der Waals surface area contributed by atoms with Gasteiger partial charge in [-0.15, -0.1) is 0 Å². The Balaban J connectivity index is 2.12. The Morgan fingerprint density at radius 3 is 2.64 bits per heavy atom. The minimum absolute atomic E-state index is 0.133. The molecule has 22 heavy (non-hydrogen) atoms. The van der Waals surface area contributed by atoms with E-state index in [1.54, 1.807) is 0 Å². The van der Waals surface area contributed by atoms with Crippen LogP contribution in [0.15, 0.2) is 30.3 Å². The van der Waals surface area contributed by atoms with E-state index >= 15 is 0 Å². The molecule has 0 fully saturated rings. The normalized spacial score (nSPS) is 20.3. The summed E-state index contributed by atoms with van der Waals surface area (Å²) in [5.41, 5.74) is 1.73. The van der Waals surface area contributed by atoms with Crippen molar-refractivity contribution in [3.8, 4) is 0 Å². The predicted octanol–water partition coefficient (Wildman–Crippen LogP) is 3.38. The van der Waals surface area contributed by atoms with Crippen LogP contribution >= 0.6 is 23.2 Å². The smallest absolute Gasteiger partial charge is 0.316 e. The summed E-state index contributed by atoms with van der Waals surface area (Å²) in [5, 5.41) is 0.438. The van der Waals surface area contributed by atoms with Crippen molar-refractivity contribution in [1.82, 2.24) is 9.97 Å². The van der Waals surface area contributed by atoms with Crippen molar-refractivity contribution in [2.75, 3.05) is 7.11 Å². The van der Waals surface area contributed by atoms with Crippen molar-refractivity contribution in [2.45, 2.75) is 24.7 Å². The Hall–Kier alpha value is -1.65. The molecular weight excluding hydrogens is 323 g/mol. The number of esters is 1. The number of nitrogens with zero attached hydrogens (tertiary/aromatic N) is 2. The number of hydrogen-bond donors (Lipinski definition) is 0.